The van der Waals surface area contributed by atoms with Crippen LogP contribution in [-0.2, 0) is 10.4 Å². The molecule has 3 rings (SSSR count). The van der Waals surface area contributed by atoms with Gasteiger partial charge in [-0.25, -0.2) is 5.06 Å². The van der Waals surface area contributed by atoms with Crippen molar-refractivity contribution in [2.45, 2.75) is 5.54 Å². The molecule has 1 aliphatic rings. The smallest absolute Gasteiger partial charge is 0.135 e. The Kier molecular flexibility index (Phi) is 3.40. The normalized spacial score (nSPS) is 16.4. The minimum atomic E-state index is -0.425. The van der Waals surface area contributed by atoms with Gasteiger partial charge in [-0.1, -0.05) is 66.7 Å². The number of hydrogen-bond acceptors (Lipinski definition) is 2. The third-order valence-electron chi connectivity index (χ3n) is 3.64. The zero-order valence-electron chi connectivity index (χ0n) is 11.4. The Labute approximate surface area is 119 Å². The summed E-state index contributed by atoms with van der Waals surface area (Å²) in [6.45, 7) is 0. The van der Waals surface area contributed by atoms with Gasteiger partial charge in [0.05, 0.1) is 7.11 Å². The molecule has 1 heterocycles. The molecular weight excluding hydrogens is 246 g/mol. The fourth-order valence-electron chi connectivity index (χ4n) is 2.72. The van der Waals surface area contributed by atoms with E-state index in [0.717, 1.165) is 0 Å². The maximum absolute atomic E-state index is 5.61. The van der Waals surface area contributed by atoms with E-state index in [1.54, 1.807) is 7.11 Å². The van der Waals surface area contributed by atoms with Crippen molar-refractivity contribution in [2.24, 2.45) is 0 Å². The lowest BCUT2D eigenvalue weighted by molar-refractivity contribution is -0.139. The van der Waals surface area contributed by atoms with Crippen LogP contribution in [0.1, 0.15) is 11.1 Å². The fraction of sp³-hybridized carbons (Fsp3) is 0.111. The summed E-state index contributed by atoms with van der Waals surface area (Å²) in [5.41, 5.74) is 1.92. The zero-order chi connectivity index (χ0) is 13.8. The summed E-state index contributed by atoms with van der Waals surface area (Å²) in [4.78, 5) is 5.61. The first-order valence-electron chi connectivity index (χ1n) is 6.68. The predicted molar refractivity (Wildman–Crippen MR) is 80.8 cm³/mol. The van der Waals surface area contributed by atoms with Gasteiger partial charge in [0.15, 0.2) is 0 Å². The first-order valence-corrected chi connectivity index (χ1v) is 6.68. The van der Waals surface area contributed by atoms with Gasteiger partial charge in [0.2, 0.25) is 0 Å². The SMILES string of the molecule is CON1C=CC=CC1(c1ccccc1)c1ccccc1. The van der Waals surface area contributed by atoms with Crippen molar-refractivity contribution >= 4 is 0 Å². The summed E-state index contributed by atoms with van der Waals surface area (Å²) < 4.78 is 0. The molecule has 1 aliphatic heterocycles. The second-order valence-electron chi connectivity index (χ2n) is 4.71. The van der Waals surface area contributed by atoms with Gasteiger partial charge >= 0.3 is 0 Å². The molecule has 0 radical (unpaired) electrons. The Morgan fingerprint density at radius 1 is 0.800 bits per heavy atom. The molecule has 2 aromatic rings. The van der Waals surface area contributed by atoms with E-state index in [1.165, 1.54) is 11.1 Å². The Morgan fingerprint density at radius 2 is 1.35 bits per heavy atom. The zero-order valence-corrected chi connectivity index (χ0v) is 11.4. The molecular formula is C18H17NO. The van der Waals surface area contributed by atoms with Crippen LogP contribution in [0.25, 0.3) is 0 Å². The van der Waals surface area contributed by atoms with E-state index in [-0.39, 0.29) is 0 Å². The fourth-order valence-corrected chi connectivity index (χ4v) is 2.72. The maximum Gasteiger partial charge on any atom is 0.135 e. The van der Waals surface area contributed by atoms with E-state index in [1.807, 2.05) is 29.5 Å². The second kappa shape index (κ2) is 5.35. The van der Waals surface area contributed by atoms with Gasteiger partial charge in [0, 0.05) is 6.20 Å². The molecule has 0 saturated heterocycles. The molecule has 0 N–H and O–H groups in total. The van der Waals surface area contributed by atoms with E-state index in [4.69, 9.17) is 4.84 Å². The minimum Gasteiger partial charge on any atom is -0.276 e. The van der Waals surface area contributed by atoms with Crippen LogP contribution in [0.5, 0.6) is 0 Å². The molecule has 0 amide bonds. The molecule has 0 fully saturated rings. The lowest BCUT2D eigenvalue weighted by Gasteiger charge is -2.41. The molecule has 0 unspecified atom stereocenters. The molecule has 100 valence electrons. The first-order chi connectivity index (χ1) is 9.88. The number of allylic oxidation sites excluding steroid dienone is 2. The van der Waals surface area contributed by atoms with Crippen LogP contribution >= 0.6 is 0 Å². The van der Waals surface area contributed by atoms with Gasteiger partial charge in [-0.3, -0.25) is 4.84 Å². The summed E-state index contributed by atoms with van der Waals surface area (Å²) in [6.07, 6.45) is 8.17. The molecule has 0 aliphatic carbocycles. The van der Waals surface area contributed by atoms with E-state index in [2.05, 4.69) is 60.7 Å². The Bertz CT molecular complexity index is 577. The standard InChI is InChI=1S/C18H17NO/c1-20-19-15-9-8-14-18(19,16-10-4-2-5-11-16)17-12-6-3-7-13-17/h2-15H,1H3. The third kappa shape index (κ3) is 1.95. The van der Waals surface area contributed by atoms with Gasteiger partial charge in [0.25, 0.3) is 0 Å². The van der Waals surface area contributed by atoms with Crippen molar-refractivity contribution in [3.8, 4) is 0 Å². The summed E-state index contributed by atoms with van der Waals surface area (Å²) in [5, 5.41) is 1.89. The van der Waals surface area contributed by atoms with E-state index in [0.29, 0.717) is 0 Å². The monoisotopic (exact) mass is 263 g/mol. The Balaban J connectivity index is 2.23. The van der Waals surface area contributed by atoms with Crippen molar-refractivity contribution in [1.82, 2.24) is 5.06 Å². The van der Waals surface area contributed by atoms with E-state index in [9.17, 15) is 0 Å². The number of hydroxylamine groups is 2. The molecule has 0 saturated carbocycles. The molecule has 0 spiro atoms. The summed E-state index contributed by atoms with van der Waals surface area (Å²) in [7, 11) is 1.70. The molecule has 2 nitrogen and oxygen atoms in total. The molecule has 20 heavy (non-hydrogen) atoms. The number of hydrogen-bond donors (Lipinski definition) is 0. The minimum absolute atomic E-state index is 0.425. The highest BCUT2D eigenvalue weighted by atomic mass is 16.7. The van der Waals surface area contributed by atoms with Crippen LogP contribution in [0.2, 0.25) is 0 Å². The van der Waals surface area contributed by atoms with Crippen molar-refractivity contribution in [2.75, 3.05) is 7.11 Å². The Hall–Kier alpha value is -2.32. The lowest BCUT2D eigenvalue weighted by atomic mass is 9.81. The molecule has 2 aromatic carbocycles. The van der Waals surface area contributed by atoms with Crippen LogP contribution < -0.4 is 0 Å². The van der Waals surface area contributed by atoms with Gasteiger partial charge in [-0.2, -0.15) is 0 Å². The molecule has 0 bridgehead atoms. The summed E-state index contributed by atoms with van der Waals surface area (Å²) in [6, 6.07) is 20.8. The average Bonchev–Trinajstić information content (AvgIpc) is 2.56. The highest BCUT2D eigenvalue weighted by Crippen LogP contribution is 2.39. The van der Waals surface area contributed by atoms with Gasteiger partial charge in [0.1, 0.15) is 5.54 Å². The molecule has 2 heteroatoms. The highest BCUT2D eigenvalue weighted by Gasteiger charge is 2.38. The first kappa shape index (κ1) is 12.7. The largest absolute Gasteiger partial charge is 0.276 e. The van der Waals surface area contributed by atoms with Gasteiger partial charge in [-0.05, 0) is 23.3 Å². The number of nitrogens with zero attached hydrogens (tertiary/aromatic N) is 1. The van der Waals surface area contributed by atoms with Crippen molar-refractivity contribution in [3.63, 3.8) is 0 Å². The number of benzene rings is 2. The van der Waals surface area contributed by atoms with Crippen LogP contribution in [0.3, 0.4) is 0 Å². The van der Waals surface area contributed by atoms with Gasteiger partial charge in [-0.15, -0.1) is 0 Å². The van der Waals surface area contributed by atoms with Crippen molar-refractivity contribution < 1.29 is 4.84 Å². The maximum atomic E-state index is 5.61. The summed E-state index contributed by atoms with van der Waals surface area (Å²) >= 11 is 0. The van der Waals surface area contributed by atoms with Crippen LogP contribution in [0, 0.1) is 0 Å². The highest BCUT2D eigenvalue weighted by molar-refractivity contribution is 5.45. The number of rotatable bonds is 3. The second-order valence-corrected chi connectivity index (χ2v) is 4.71. The van der Waals surface area contributed by atoms with Crippen LogP contribution in [0.15, 0.2) is 85.1 Å². The van der Waals surface area contributed by atoms with Crippen LogP contribution in [-0.4, -0.2) is 12.2 Å². The van der Waals surface area contributed by atoms with Crippen molar-refractivity contribution in [3.05, 3.63) is 96.2 Å². The average molecular weight is 263 g/mol. The quantitative estimate of drug-likeness (QED) is 0.833. The molecule has 0 aromatic heterocycles. The summed E-state index contributed by atoms with van der Waals surface area (Å²) in [5.74, 6) is 0. The topological polar surface area (TPSA) is 12.5 Å². The lowest BCUT2D eigenvalue weighted by Crippen LogP contribution is -2.43. The van der Waals surface area contributed by atoms with Gasteiger partial charge < -0.3 is 0 Å². The van der Waals surface area contributed by atoms with E-state index >= 15 is 0 Å². The van der Waals surface area contributed by atoms with Crippen LogP contribution in [0.4, 0.5) is 0 Å². The molecule has 0 atom stereocenters. The van der Waals surface area contributed by atoms with E-state index < -0.39 is 5.54 Å². The van der Waals surface area contributed by atoms with Crippen molar-refractivity contribution in [1.29, 1.82) is 0 Å². The third-order valence-corrected chi connectivity index (χ3v) is 3.64. The Morgan fingerprint density at radius 3 is 1.85 bits per heavy atom. The predicted octanol–water partition coefficient (Wildman–Crippen LogP) is 3.88.